The predicted molar refractivity (Wildman–Crippen MR) is 76.4 cm³/mol. The van der Waals surface area contributed by atoms with Crippen LogP contribution in [-0.4, -0.2) is 30.1 Å². The third-order valence-electron chi connectivity index (χ3n) is 5.90. The van der Waals surface area contributed by atoms with Gasteiger partial charge < -0.3 is 5.73 Å². The summed E-state index contributed by atoms with van der Waals surface area (Å²) >= 11 is 0. The van der Waals surface area contributed by atoms with Crippen molar-refractivity contribution in [1.82, 2.24) is 4.90 Å². The van der Waals surface area contributed by atoms with Crippen LogP contribution in [0.1, 0.15) is 58.3 Å². The summed E-state index contributed by atoms with van der Waals surface area (Å²) in [4.78, 5) is 2.78. The summed E-state index contributed by atoms with van der Waals surface area (Å²) in [6, 6.07) is 1.16. The fourth-order valence-electron chi connectivity index (χ4n) is 4.89. The minimum Gasteiger partial charge on any atom is -0.326 e. The van der Waals surface area contributed by atoms with Gasteiger partial charge in [0.25, 0.3) is 0 Å². The van der Waals surface area contributed by atoms with Crippen molar-refractivity contribution in [3.63, 3.8) is 0 Å². The first-order chi connectivity index (χ1) is 8.78. The third-order valence-corrected chi connectivity index (χ3v) is 5.90. The molecule has 5 atom stereocenters. The van der Waals surface area contributed by atoms with E-state index in [0.29, 0.717) is 12.1 Å². The van der Waals surface area contributed by atoms with Crippen LogP contribution in [0.2, 0.25) is 0 Å². The maximum absolute atomic E-state index is 6.43. The van der Waals surface area contributed by atoms with E-state index in [2.05, 4.69) is 11.8 Å². The lowest BCUT2D eigenvalue weighted by Crippen LogP contribution is -2.50. The van der Waals surface area contributed by atoms with Crippen molar-refractivity contribution in [1.29, 1.82) is 0 Å². The maximum atomic E-state index is 6.43. The molecule has 5 unspecified atom stereocenters. The number of rotatable bonds is 3. The Kier molecular flexibility index (Phi) is 3.95. The molecule has 2 nitrogen and oxygen atoms in total. The van der Waals surface area contributed by atoms with Crippen LogP contribution in [0.15, 0.2) is 0 Å². The molecule has 1 heterocycles. The van der Waals surface area contributed by atoms with Crippen molar-refractivity contribution >= 4 is 0 Å². The molecule has 3 rings (SSSR count). The van der Waals surface area contributed by atoms with Crippen LogP contribution in [0.5, 0.6) is 0 Å². The first-order valence-corrected chi connectivity index (χ1v) is 8.27. The molecule has 1 saturated heterocycles. The van der Waals surface area contributed by atoms with Gasteiger partial charge in [0.2, 0.25) is 0 Å². The van der Waals surface area contributed by atoms with E-state index in [1.54, 1.807) is 0 Å². The molecular weight excluding hydrogens is 220 g/mol. The van der Waals surface area contributed by atoms with Crippen molar-refractivity contribution in [2.45, 2.75) is 70.4 Å². The molecule has 2 aliphatic carbocycles. The number of nitrogens with two attached hydrogens (primary N) is 1. The number of nitrogens with zero attached hydrogens (tertiary/aromatic N) is 1. The molecule has 0 bridgehead atoms. The maximum Gasteiger partial charge on any atom is 0.0250 e. The quantitative estimate of drug-likeness (QED) is 0.834. The number of likely N-dealkylation sites (tertiary alicyclic amines) is 1. The van der Waals surface area contributed by atoms with Gasteiger partial charge in [0.15, 0.2) is 0 Å². The van der Waals surface area contributed by atoms with Gasteiger partial charge in [0, 0.05) is 25.2 Å². The van der Waals surface area contributed by atoms with E-state index in [9.17, 15) is 0 Å². The average molecular weight is 250 g/mol. The largest absolute Gasteiger partial charge is 0.326 e. The summed E-state index contributed by atoms with van der Waals surface area (Å²) in [5.74, 6) is 2.99. The number of fused-ring (bicyclic) bond motifs is 1. The Labute approximate surface area is 112 Å². The molecule has 2 N–H and O–H groups in total. The highest BCUT2D eigenvalue weighted by Crippen LogP contribution is 2.41. The van der Waals surface area contributed by atoms with Gasteiger partial charge >= 0.3 is 0 Å². The topological polar surface area (TPSA) is 29.3 Å². The summed E-state index contributed by atoms with van der Waals surface area (Å²) in [6.07, 6.45) is 11.3. The van der Waals surface area contributed by atoms with E-state index in [4.69, 9.17) is 5.73 Å². The molecule has 0 spiro atoms. The zero-order valence-electron chi connectivity index (χ0n) is 12.0. The predicted octanol–water partition coefficient (Wildman–Crippen LogP) is 3.01. The van der Waals surface area contributed by atoms with E-state index in [1.165, 1.54) is 64.5 Å². The van der Waals surface area contributed by atoms with Gasteiger partial charge in [-0.25, -0.2) is 0 Å². The lowest BCUT2D eigenvalue weighted by Gasteiger charge is -2.40. The molecule has 0 aromatic carbocycles. The van der Waals surface area contributed by atoms with E-state index < -0.39 is 0 Å². The first-order valence-electron chi connectivity index (χ1n) is 8.27. The van der Waals surface area contributed by atoms with Crippen molar-refractivity contribution in [3.8, 4) is 0 Å². The minimum absolute atomic E-state index is 0.455. The standard InChI is InChI=1S/C16H30N2/c1-2-4-12-7-8-15(17)16(9-12)18-10-13-5-3-6-14(13)11-18/h12-16H,2-11,17H2,1H3. The Morgan fingerprint density at radius 1 is 1.06 bits per heavy atom. The molecule has 3 aliphatic rings. The fourth-order valence-corrected chi connectivity index (χ4v) is 4.89. The van der Waals surface area contributed by atoms with E-state index in [-0.39, 0.29) is 0 Å². The van der Waals surface area contributed by atoms with Gasteiger partial charge in [-0.15, -0.1) is 0 Å². The second-order valence-corrected chi connectivity index (χ2v) is 7.10. The zero-order valence-corrected chi connectivity index (χ0v) is 12.0. The summed E-state index contributed by atoms with van der Waals surface area (Å²) in [7, 11) is 0. The first kappa shape index (κ1) is 12.9. The molecule has 0 radical (unpaired) electrons. The molecule has 0 aromatic heterocycles. The average Bonchev–Trinajstić information content (AvgIpc) is 2.92. The molecule has 3 fully saturated rings. The SMILES string of the molecule is CCCC1CCC(N)C(N2CC3CCCC3C2)C1. The third kappa shape index (κ3) is 2.46. The Balaban J connectivity index is 1.60. The Morgan fingerprint density at radius 3 is 2.44 bits per heavy atom. The summed E-state index contributed by atoms with van der Waals surface area (Å²) in [5.41, 5.74) is 6.43. The van der Waals surface area contributed by atoms with Crippen LogP contribution < -0.4 is 5.73 Å². The highest BCUT2D eigenvalue weighted by atomic mass is 15.2. The lowest BCUT2D eigenvalue weighted by molar-refractivity contribution is 0.123. The Morgan fingerprint density at radius 2 is 1.78 bits per heavy atom. The highest BCUT2D eigenvalue weighted by molar-refractivity contribution is 4.96. The highest BCUT2D eigenvalue weighted by Gasteiger charge is 2.41. The summed E-state index contributed by atoms with van der Waals surface area (Å²) in [5, 5.41) is 0. The van der Waals surface area contributed by atoms with Crippen molar-refractivity contribution in [3.05, 3.63) is 0 Å². The van der Waals surface area contributed by atoms with Crippen molar-refractivity contribution in [2.24, 2.45) is 23.5 Å². The van der Waals surface area contributed by atoms with Crippen LogP contribution in [0, 0.1) is 17.8 Å². The van der Waals surface area contributed by atoms with Crippen molar-refractivity contribution < 1.29 is 0 Å². The van der Waals surface area contributed by atoms with E-state index in [0.717, 1.165) is 17.8 Å². The zero-order chi connectivity index (χ0) is 12.5. The van der Waals surface area contributed by atoms with Crippen LogP contribution >= 0.6 is 0 Å². The summed E-state index contributed by atoms with van der Waals surface area (Å²) < 4.78 is 0. The van der Waals surface area contributed by atoms with Gasteiger partial charge in [-0.05, 0) is 49.9 Å². The minimum atomic E-state index is 0.455. The van der Waals surface area contributed by atoms with Crippen molar-refractivity contribution in [2.75, 3.05) is 13.1 Å². The van der Waals surface area contributed by atoms with Crippen LogP contribution in [0.3, 0.4) is 0 Å². The van der Waals surface area contributed by atoms with Gasteiger partial charge in [0.1, 0.15) is 0 Å². The van der Waals surface area contributed by atoms with Gasteiger partial charge in [-0.2, -0.15) is 0 Å². The number of hydrogen-bond donors (Lipinski definition) is 1. The fraction of sp³-hybridized carbons (Fsp3) is 1.00. The molecule has 0 aromatic rings. The molecule has 104 valence electrons. The molecule has 2 saturated carbocycles. The molecule has 1 aliphatic heterocycles. The Hall–Kier alpha value is -0.0800. The molecule has 2 heteroatoms. The second kappa shape index (κ2) is 5.50. The normalized spacial score (nSPS) is 45.3. The van der Waals surface area contributed by atoms with Gasteiger partial charge in [0.05, 0.1) is 0 Å². The second-order valence-electron chi connectivity index (χ2n) is 7.10. The molecular formula is C16H30N2. The van der Waals surface area contributed by atoms with Crippen LogP contribution in [0.4, 0.5) is 0 Å². The molecule has 18 heavy (non-hydrogen) atoms. The van der Waals surface area contributed by atoms with E-state index >= 15 is 0 Å². The number of hydrogen-bond acceptors (Lipinski definition) is 2. The monoisotopic (exact) mass is 250 g/mol. The van der Waals surface area contributed by atoms with Gasteiger partial charge in [-0.3, -0.25) is 4.90 Å². The van der Waals surface area contributed by atoms with E-state index in [1.807, 2.05) is 0 Å². The van der Waals surface area contributed by atoms with Crippen LogP contribution in [-0.2, 0) is 0 Å². The lowest BCUT2D eigenvalue weighted by atomic mass is 9.80. The Bertz CT molecular complexity index is 266. The van der Waals surface area contributed by atoms with Gasteiger partial charge in [-0.1, -0.05) is 26.2 Å². The molecule has 0 amide bonds. The summed E-state index contributed by atoms with van der Waals surface area (Å²) in [6.45, 7) is 5.05. The van der Waals surface area contributed by atoms with Crippen LogP contribution in [0.25, 0.3) is 0 Å². The smallest absolute Gasteiger partial charge is 0.0250 e.